The van der Waals surface area contributed by atoms with Gasteiger partial charge in [-0.3, -0.25) is 4.79 Å². The summed E-state index contributed by atoms with van der Waals surface area (Å²) in [6.07, 6.45) is 6.55. The molecule has 4 aliphatic carbocycles. The molecule has 4 rings (SSSR count). The van der Waals surface area contributed by atoms with Crippen LogP contribution in [0.25, 0.3) is 0 Å². The molecule has 164 valence electrons. The number of hydrogen-bond donors (Lipinski definition) is 4. The zero-order chi connectivity index (χ0) is 21.1. The highest BCUT2D eigenvalue weighted by molar-refractivity contribution is 5.66. The molecule has 4 N–H and O–H groups in total. The Morgan fingerprint density at radius 3 is 2.59 bits per heavy atom. The number of carboxylic acid groups (broad SMARTS) is 1. The van der Waals surface area contributed by atoms with Crippen LogP contribution >= 0.6 is 0 Å². The summed E-state index contributed by atoms with van der Waals surface area (Å²) in [4.78, 5) is 11.1. The zero-order valence-corrected chi connectivity index (χ0v) is 18.1. The van der Waals surface area contributed by atoms with Crippen LogP contribution in [0.5, 0.6) is 0 Å². The second-order valence-electron chi connectivity index (χ2n) is 11.0. The fraction of sp³-hybridized carbons (Fsp3) is 0.875. The lowest BCUT2D eigenvalue weighted by Gasteiger charge is -2.61. The number of fused-ring (bicyclic) bond motifs is 5. The molecule has 0 aliphatic heterocycles. The number of carbonyl (C=O) groups is 1. The number of hydrogen-bond acceptors (Lipinski definition) is 4. The van der Waals surface area contributed by atoms with E-state index in [-0.39, 0.29) is 40.9 Å². The normalized spacial score (nSPS) is 50.1. The third kappa shape index (κ3) is 3.19. The van der Waals surface area contributed by atoms with Crippen molar-refractivity contribution in [3.63, 3.8) is 0 Å². The third-order valence-corrected chi connectivity index (χ3v) is 9.79. The van der Waals surface area contributed by atoms with E-state index in [0.717, 1.165) is 25.7 Å². The first-order valence-electron chi connectivity index (χ1n) is 11.6. The SMILES string of the molecule is C[C@H](CCC(=O)O)[C@H]1CC[C@H]2[C@@H]3[C@H](O)CC4=C[C@H](O)CC[C@]4(C)[C@H]3C[C@H](O)[C@]12C. The minimum Gasteiger partial charge on any atom is -0.481 e. The van der Waals surface area contributed by atoms with Gasteiger partial charge in [0, 0.05) is 6.42 Å². The fourth-order valence-corrected chi connectivity index (χ4v) is 8.16. The van der Waals surface area contributed by atoms with Crippen molar-refractivity contribution in [1.82, 2.24) is 0 Å². The largest absolute Gasteiger partial charge is 0.481 e. The average molecular weight is 407 g/mol. The molecule has 0 aromatic heterocycles. The maximum atomic E-state index is 11.5. The summed E-state index contributed by atoms with van der Waals surface area (Å²) < 4.78 is 0. The van der Waals surface area contributed by atoms with Gasteiger partial charge in [-0.05, 0) is 85.4 Å². The first kappa shape index (κ1) is 21.3. The molecule has 5 nitrogen and oxygen atoms in total. The highest BCUT2D eigenvalue weighted by Gasteiger charge is 2.64. The maximum Gasteiger partial charge on any atom is 0.303 e. The summed E-state index contributed by atoms with van der Waals surface area (Å²) in [6, 6.07) is 0. The lowest BCUT2D eigenvalue weighted by atomic mass is 9.45. The van der Waals surface area contributed by atoms with Crippen molar-refractivity contribution in [2.45, 2.75) is 90.4 Å². The van der Waals surface area contributed by atoms with E-state index < -0.39 is 24.3 Å². The van der Waals surface area contributed by atoms with Crippen LogP contribution < -0.4 is 0 Å². The second-order valence-corrected chi connectivity index (χ2v) is 11.0. The van der Waals surface area contributed by atoms with Crippen LogP contribution in [0.1, 0.15) is 72.1 Å². The predicted octanol–water partition coefficient (Wildman–Crippen LogP) is 3.37. The Morgan fingerprint density at radius 1 is 1.17 bits per heavy atom. The van der Waals surface area contributed by atoms with E-state index in [9.17, 15) is 20.1 Å². The number of aliphatic carboxylic acids is 1. The van der Waals surface area contributed by atoms with Crippen molar-refractivity contribution in [1.29, 1.82) is 0 Å². The summed E-state index contributed by atoms with van der Waals surface area (Å²) in [5, 5.41) is 41.9. The van der Waals surface area contributed by atoms with Gasteiger partial charge in [0.1, 0.15) is 0 Å². The molecular formula is C24H38O5. The maximum absolute atomic E-state index is 11.5. The third-order valence-electron chi connectivity index (χ3n) is 9.79. The summed E-state index contributed by atoms with van der Waals surface area (Å²) in [5.74, 6) is 0.490. The van der Waals surface area contributed by atoms with Crippen LogP contribution in [0.15, 0.2) is 11.6 Å². The second kappa shape index (κ2) is 7.35. The molecule has 0 spiro atoms. The minimum atomic E-state index is -0.754. The Morgan fingerprint density at radius 2 is 1.90 bits per heavy atom. The van der Waals surface area contributed by atoms with Crippen LogP contribution in [0.3, 0.4) is 0 Å². The Bertz CT molecular complexity index is 689. The molecule has 3 fully saturated rings. The molecule has 3 saturated carbocycles. The highest BCUT2D eigenvalue weighted by atomic mass is 16.4. The van der Waals surface area contributed by atoms with Gasteiger partial charge in [-0.2, -0.15) is 0 Å². The molecule has 0 bridgehead atoms. The standard InChI is InChI=1S/C24H38O5/c1-13(4-7-21(28)29)16-5-6-17-22-18(12-20(27)24(16,17)3)23(2)9-8-15(25)10-14(23)11-19(22)26/h10,13,15-20,22,25-27H,4-9,11-12H2,1-3H3,(H,28,29)/t13-,15-,16-,17+,18+,19-,20+,22+,23+,24-/m1/s1. The monoisotopic (exact) mass is 406 g/mol. The van der Waals surface area contributed by atoms with Gasteiger partial charge in [0.2, 0.25) is 0 Å². The van der Waals surface area contributed by atoms with Gasteiger partial charge in [0.15, 0.2) is 0 Å². The summed E-state index contributed by atoms with van der Waals surface area (Å²) in [7, 11) is 0. The molecule has 29 heavy (non-hydrogen) atoms. The van der Waals surface area contributed by atoms with Crippen molar-refractivity contribution >= 4 is 5.97 Å². The minimum absolute atomic E-state index is 0.0432. The van der Waals surface area contributed by atoms with Crippen LogP contribution in [0.4, 0.5) is 0 Å². The van der Waals surface area contributed by atoms with E-state index >= 15 is 0 Å². The zero-order valence-electron chi connectivity index (χ0n) is 18.1. The summed E-state index contributed by atoms with van der Waals surface area (Å²) in [6.45, 7) is 6.63. The first-order valence-corrected chi connectivity index (χ1v) is 11.6. The molecule has 0 amide bonds. The number of aliphatic hydroxyl groups excluding tert-OH is 3. The number of rotatable bonds is 4. The Balaban J connectivity index is 1.63. The molecule has 0 unspecified atom stereocenters. The smallest absolute Gasteiger partial charge is 0.303 e. The lowest BCUT2D eigenvalue weighted by molar-refractivity contribution is -0.169. The molecule has 10 atom stereocenters. The number of aliphatic hydroxyl groups is 3. The van der Waals surface area contributed by atoms with Crippen LogP contribution in [0.2, 0.25) is 0 Å². The van der Waals surface area contributed by atoms with Crippen LogP contribution in [-0.2, 0) is 4.79 Å². The Labute approximate surface area is 174 Å². The predicted molar refractivity (Wildman–Crippen MR) is 110 cm³/mol. The van der Waals surface area contributed by atoms with E-state index in [1.807, 2.05) is 6.08 Å². The van der Waals surface area contributed by atoms with Crippen molar-refractivity contribution in [3.05, 3.63) is 11.6 Å². The van der Waals surface area contributed by atoms with Gasteiger partial charge in [-0.15, -0.1) is 0 Å². The Hall–Kier alpha value is -0.910. The molecular weight excluding hydrogens is 368 g/mol. The summed E-state index contributed by atoms with van der Waals surface area (Å²) in [5.41, 5.74) is 0.884. The average Bonchev–Trinajstić information content (AvgIpc) is 3.01. The van der Waals surface area contributed by atoms with Crippen LogP contribution in [-0.4, -0.2) is 44.7 Å². The van der Waals surface area contributed by atoms with Crippen molar-refractivity contribution < 1.29 is 25.2 Å². The van der Waals surface area contributed by atoms with Crippen LogP contribution in [0, 0.1) is 40.4 Å². The molecule has 0 aromatic rings. The van der Waals surface area contributed by atoms with Gasteiger partial charge < -0.3 is 20.4 Å². The first-order chi connectivity index (χ1) is 13.6. The fourth-order valence-electron chi connectivity index (χ4n) is 8.16. The molecule has 0 saturated heterocycles. The van der Waals surface area contributed by atoms with E-state index in [1.165, 1.54) is 5.57 Å². The molecule has 0 radical (unpaired) electrons. The van der Waals surface area contributed by atoms with Gasteiger partial charge >= 0.3 is 5.97 Å². The van der Waals surface area contributed by atoms with E-state index in [1.54, 1.807) is 0 Å². The van der Waals surface area contributed by atoms with E-state index in [2.05, 4.69) is 20.8 Å². The van der Waals surface area contributed by atoms with Gasteiger partial charge in [0.25, 0.3) is 0 Å². The summed E-state index contributed by atoms with van der Waals surface area (Å²) >= 11 is 0. The van der Waals surface area contributed by atoms with Crippen molar-refractivity contribution in [2.75, 3.05) is 0 Å². The molecule has 5 heteroatoms. The molecule has 4 aliphatic rings. The van der Waals surface area contributed by atoms with E-state index in [4.69, 9.17) is 5.11 Å². The Kier molecular flexibility index (Phi) is 5.40. The number of carboxylic acids is 1. The lowest BCUT2D eigenvalue weighted by Crippen LogP contribution is -2.60. The van der Waals surface area contributed by atoms with Gasteiger partial charge in [-0.25, -0.2) is 0 Å². The van der Waals surface area contributed by atoms with E-state index in [0.29, 0.717) is 25.2 Å². The van der Waals surface area contributed by atoms with Crippen molar-refractivity contribution in [2.24, 2.45) is 40.4 Å². The molecule has 0 heterocycles. The molecule has 0 aromatic carbocycles. The van der Waals surface area contributed by atoms with Gasteiger partial charge in [-0.1, -0.05) is 32.4 Å². The topological polar surface area (TPSA) is 98.0 Å². The van der Waals surface area contributed by atoms with Gasteiger partial charge in [0.05, 0.1) is 18.3 Å². The van der Waals surface area contributed by atoms with Crippen molar-refractivity contribution in [3.8, 4) is 0 Å². The quantitative estimate of drug-likeness (QED) is 0.537. The highest BCUT2D eigenvalue weighted by Crippen LogP contribution is 2.67.